The summed E-state index contributed by atoms with van der Waals surface area (Å²) in [4.78, 5) is 46.6. The zero-order chi connectivity index (χ0) is 25.9. The van der Waals surface area contributed by atoms with E-state index in [9.17, 15) is 19.5 Å². The number of hydrogen-bond acceptors (Lipinski definition) is 6. The van der Waals surface area contributed by atoms with E-state index in [1.54, 1.807) is 29.3 Å². The molecule has 2 fully saturated rings. The average molecular weight is 501 g/mol. The predicted octanol–water partition coefficient (Wildman–Crippen LogP) is 4.54. The van der Waals surface area contributed by atoms with E-state index >= 15 is 0 Å². The summed E-state index contributed by atoms with van der Waals surface area (Å²) in [5.41, 5.74) is 1.94. The van der Waals surface area contributed by atoms with Crippen LogP contribution in [-0.2, 0) is 19.2 Å². The minimum absolute atomic E-state index is 0.252. The summed E-state index contributed by atoms with van der Waals surface area (Å²) < 4.78 is 5.62. The van der Waals surface area contributed by atoms with Gasteiger partial charge in [0.1, 0.15) is 5.75 Å². The van der Waals surface area contributed by atoms with Gasteiger partial charge in [-0.1, -0.05) is 67.6 Å². The van der Waals surface area contributed by atoms with Crippen LogP contribution >= 0.6 is 0 Å². The molecule has 0 aliphatic carbocycles. The fourth-order valence-corrected chi connectivity index (χ4v) is 5.07. The smallest absolute Gasteiger partial charge is 0.305 e. The maximum Gasteiger partial charge on any atom is 0.305 e. The Kier molecular flexibility index (Phi) is 7.03. The highest BCUT2D eigenvalue weighted by molar-refractivity contribution is 6.23. The van der Waals surface area contributed by atoms with Gasteiger partial charge in [-0.05, 0) is 41.8 Å². The summed E-state index contributed by atoms with van der Waals surface area (Å²) in [5, 5.41) is 11.2. The molecule has 3 aromatic rings. The summed E-state index contributed by atoms with van der Waals surface area (Å²) in [6, 6.07) is 23.9. The van der Waals surface area contributed by atoms with Gasteiger partial charge in [-0.3, -0.25) is 19.2 Å². The number of carboxylic acid groups (broad SMARTS) is 1. The van der Waals surface area contributed by atoms with Crippen LogP contribution in [0.1, 0.15) is 43.0 Å². The summed E-state index contributed by atoms with van der Waals surface area (Å²) in [6.45, 7) is 2.59. The van der Waals surface area contributed by atoms with Crippen molar-refractivity contribution < 1.29 is 29.1 Å². The first kappa shape index (κ1) is 24.7. The summed E-state index contributed by atoms with van der Waals surface area (Å²) in [7, 11) is 0. The lowest BCUT2D eigenvalue weighted by atomic mass is 9.89. The van der Waals surface area contributed by atoms with Gasteiger partial charge in [0.15, 0.2) is 6.10 Å². The van der Waals surface area contributed by atoms with E-state index in [0.29, 0.717) is 18.0 Å². The lowest BCUT2D eigenvalue weighted by Crippen LogP contribution is -2.39. The summed E-state index contributed by atoms with van der Waals surface area (Å²) in [5.74, 6) is -2.02. The third-order valence-electron chi connectivity index (χ3n) is 6.71. The van der Waals surface area contributed by atoms with Crippen LogP contribution in [0.25, 0.3) is 0 Å². The predicted molar refractivity (Wildman–Crippen MR) is 136 cm³/mol. The van der Waals surface area contributed by atoms with Crippen molar-refractivity contribution in [2.24, 2.45) is 5.92 Å². The number of benzene rings is 3. The van der Waals surface area contributed by atoms with E-state index in [1.165, 1.54) is 4.90 Å². The van der Waals surface area contributed by atoms with Crippen LogP contribution in [0.2, 0.25) is 0 Å². The lowest BCUT2D eigenvalue weighted by Gasteiger charge is -2.33. The molecule has 4 atom stereocenters. The molecular formula is C29H28N2O6. The first-order chi connectivity index (χ1) is 18.0. The second-order valence-corrected chi connectivity index (χ2v) is 9.15. The Balaban J connectivity index is 1.51. The quantitative estimate of drug-likeness (QED) is 0.431. The number of nitrogens with zero attached hydrogens (tertiary/aromatic N) is 2. The normalized spacial score (nSPS) is 22.2. The fourth-order valence-electron chi connectivity index (χ4n) is 5.07. The number of ether oxygens (including phenoxy) is 1. The second-order valence-electron chi connectivity index (χ2n) is 9.15. The molecule has 0 saturated carbocycles. The Morgan fingerprint density at radius 2 is 1.59 bits per heavy atom. The van der Waals surface area contributed by atoms with Gasteiger partial charge >= 0.3 is 5.97 Å². The maximum atomic E-state index is 13.8. The van der Waals surface area contributed by atoms with Crippen LogP contribution in [0.15, 0.2) is 84.9 Å². The number of carbonyl (C=O) groups excluding carboxylic acids is 2. The number of fused-ring (bicyclic) bond motifs is 1. The third kappa shape index (κ3) is 4.73. The zero-order valence-electron chi connectivity index (χ0n) is 20.4. The molecule has 190 valence electrons. The van der Waals surface area contributed by atoms with Gasteiger partial charge in [0.25, 0.3) is 5.91 Å². The van der Waals surface area contributed by atoms with Crippen molar-refractivity contribution >= 4 is 23.5 Å². The Hall–Kier alpha value is -4.01. The van der Waals surface area contributed by atoms with Gasteiger partial charge in [0.2, 0.25) is 5.91 Å². The minimum Gasteiger partial charge on any atom is -0.494 e. The number of hydrogen-bond donors (Lipinski definition) is 1. The average Bonchev–Trinajstić information content (AvgIpc) is 3.42. The van der Waals surface area contributed by atoms with Crippen LogP contribution in [0, 0.1) is 5.92 Å². The Morgan fingerprint density at radius 1 is 0.946 bits per heavy atom. The molecular weight excluding hydrogens is 472 g/mol. The molecule has 2 aliphatic rings. The van der Waals surface area contributed by atoms with Crippen LogP contribution in [0.4, 0.5) is 5.69 Å². The number of aliphatic carboxylic acids is 1. The monoisotopic (exact) mass is 500 g/mol. The second kappa shape index (κ2) is 10.5. The molecule has 8 nitrogen and oxygen atoms in total. The number of imide groups is 1. The van der Waals surface area contributed by atoms with Crippen molar-refractivity contribution in [3.05, 3.63) is 96.1 Å². The largest absolute Gasteiger partial charge is 0.494 e. The van der Waals surface area contributed by atoms with Gasteiger partial charge in [0, 0.05) is 0 Å². The molecule has 5 rings (SSSR count). The van der Waals surface area contributed by atoms with Gasteiger partial charge in [-0.25, -0.2) is 4.90 Å². The van der Waals surface area contributed by atoms with Crippen LogP contribution in [0.3, 0.4) is 0 Å². The van der Waals surface area contributed by atoms with Crippen molar-refractivity contribution in [3.63, 3.8) is 0 Å². The molecule has 2 heterocycles. The first-order valence-corrected chi connectivity index (χ1v) is 12.4. The molecule has 2 aliphatic heterocycles. The zero-order valence-corrected chi connectivity index (χ0v) is 20.4. The van der Waals surface area contributed by atoms with E-state index in [0.717, 1.165) is 17.5 Å². The number of carbonyl (C=O) groups is 3. The Bertz CT molecular complexity index is 1260. The maximum absolute atomic E-state index is 13.8. The van der Waals surface area contributed by atoms with Crippen molar-refractivity contribution in [1.29, 1.82) is 0 Å². The van der Waals surface area contributed by atoms with Gasteiger partial charge in [0.05, 0.1) is 36.7 Å². The molecule has 8 heteroatoms. The highest BCUT2D eigenvalue weighted by Crippen LogP contribution is 2.49. The van der Waals surface area contributed by atoms with E-state index in [4.69, 9.17) is 9.57 Å². The van der Waals surface area contributed by atoms with Crippen molar-refractivity contribution in [2.45, 2.75) is 38.0 Å². The van der Waals surface area contributed by atoms with Crippen LogP contribution in [0.5, 0.6) is 5.75 Å². The SMILES string of the molecule is CCCOc1ccc(N2C(=O)[C@@H]3[C@H](ON([C@H](CC(=O)O)c4ccccc4)[C@@H]3c3ccccc3)C2=O)cc1. The number of amides is 2. The first-order valence-electron chi connectivity index (χ1n) is 12.4. The summed E-state index contributed by atoms with van der Waals surface area (Å²) >= 11 is 0. The molecule has 0 radical (unpaired) electrons. The van der Waals surface area contributed by atoms with Crippen LogP contribution < -0.4 is 9.64 Å². The van der Waals surface area contributed by atoms with E-state index in [1.807, 2.05) is 67.6 Å². The van der Waals surface area contributed by atoms with Crippen molar-refractivity contribution in [2.75, 3.05) is 11.5 Å². The molecule has 0 unspecified atom stereocenters. The summed E-state index contributed by atoms with van der Waals surface area (Å²) in [6.07, 6.45) is -0.443. The number of anilines is 1. The molecule has 2 amide bonds. The van der Waals surface area contributed by atoms with E-state index < -0.39 is 36.0 Å². The number of hydroxylamine groups is 2. The standard InChI is InChI=1S/C29H28N2O6/c1-2-17-36-22-15-13-21(14-16-22)30-28(34)25-26(20-11-7-4-8-12-20)31(37-27(25)29(30)35)23(18-24(32)33)19-9-5-3-6-10-19/h3-16,23,25-27H,2,17-18H2,1H3,(H,32,33)/t23-,25+,26-,27+/m1/s1. The molecule has 1 N–H and O–H groups in total. The molecule has 0 bridgehead atoms. The minimum atomic E-state index is -1.06. The lowest BCUT2D eigenvalue weighted by molar-refractivity contribution is -0.197. The highest BCUT2D eigenvalue weighted by Gasteiger charge is 2.61. The molecule has 2 saturated heterocycles. The van der Waals surface area contributed by atoms with Crippen LogP contribution in [-0.4, -0.2) is 40.7 Å². The molecule has 0 spiro atoms. The number of rotatable bonds is 9. The molecule has 3 aromatic carbocycles. The highest BCUT2D eigenvalue weighted by atomic mass is 16.7. The van der Waals surface area contributed by atoms with Gasteiger partial charge in [-0.2, -0.15) is 5.06 Å². The van der Waals surface area contributed by atoms with E-state index in [-0.39, 0.29) is 12.3 Å². The molecule has 37 heavy (non-hydrogen) atoms. The molecule has 0 aromatic heterocycles. The third-order valence-corrected chi connectivity index (χ3v) is 6.71. The Morgan fingerprint density at radius 3 is 2.22 bits per heavy atom. The number of carboxylic acids is 1. The Labute approximate surface area is 215 Å². The van der Waals surface area contributed by atoms with E-state index in [2.05, 4.69) is 0 Å². The topological polar surface area (TPSA) is 96.4 Å². The fraction of sp³-hybridized carbons (Fsp3) is 0.276. The van der Waals surface area contributed by atoms with Gasteiger partial charge in [-0.15, -0.1) is 0 Å². The van der Waals surface area contributed by atoms with Crippen molar-refractivity contribution in [3.8, 4) is 5.75 Å². The van der Waals surface area contributed by atoms with Gasteiger partial charge < -0.3 is 9.84 Å². The van der Waals surface area contributed by atoms with Crippen molar-refractivity contribution in [1.82, 2.24) is 5.06 Å².